The summed E-state index contributed by atoms with van der Waals surface area (Å²) < 4.78 is 29.4. The van der Waals surface area contributed by atoms with Gasteiger partial charge in [0.25, 0.3) is 0 Å². The van der Waals surface area contributed by atoms with Crippen LogP contribution in [0, 0.1) is 0 Å². The third-order valence-electron chi connectivity index (χ3n) is 8.36. The molecule has 1 saturated carbocycles. The largest absolute Gasteiger partial charge is 0.493 e. The maximum Gasteiger partial charge on any atom is 0.160 e. The second-order valence-corrected chi connectivity index (χ2v) is 11.9. The molecule has 4 atom stereocenters. The standard InChI is InChI=1S/C34H52N2O6/c1-25(2)35-22-28(37)24-42-29-12-9-26(10-13-29)16-19-40-30-15-18-36(23-30)31-7-5-6-8-32(31)41-20-17-27-11-14-33(38-3)34(21-27)39-4/h9-14,21,25,28,30-32,35,37H,5-8,15-20,22-24H2,1-4H3/t28?,30-,31?,32?/m1/s1. The Labute approximate surface area is 252 Å². The lowest BCUT2D eigenvalue weighted by Gasteiger charge is -2.38. The molecule has 8 nitrogen and oxygen atoms in total. The van der Waals surface area contributed by atoms with Gasteiger partial charge in [-0.05, 0) is 67.5 Å². The van der Waals surface area contributed by atoms with Crippen molar-refractivity contribution in [3.05, 3.63) is 53.6 Å². The first-order chi connectivity index (χ1) is 20.4. The number of methoxy groups -OCH3 is 2. The molecular weight excluding hydrogens is 532 g/mol. The molecule has 4 rings (SSSR count). The second-order valence-electron chi connectivity index (χ2n) is 11.9. The molecule has 2 aromatic rings. The van der Waals surface area contributed by atoms with Gasteiger partial charge in [-0.1, -0.05) is 44.9 Å². The molecule has 2 N–H and O–H groups in total. The van der Waals surface area contributed by atoms with Crippen molar-refractivity contribution in [1.29, 1.82) is 0 Å². The summed E-state index contributed by atoms with van der Waals surface area (Å²) in [5, 5.41) is 13.3. The Bertz CT molecular complexity index is 1050. The topological polar surface area (TPSA) is 81.7 Å². The van der Waals surface area contributed by atoms with Gasteiger partial charge in [0.1, 0.15) is 18.5 Å². The van der Waals surface area contributed by atoms with Crippen molar-refractivity contribution in [3.8, 4) is 17.2 Å². The molecule has 234 valence electrons. The summed E-state index contributed by atoms with van der Waals surface area (Å²) in [5.74, 6) is 2.30. The van der Waals surface area contributed by atoms with E-state index in [1.807, 2.05) is 24.3 Å². The zero-order valence-electron chi connectivity index (χ0n) is 26.1. The van der Waals surface area contributed by atoms with Crippen LogP contribution in [-0.2, 0) is 22.3 Å². The van der Waals surface area contributed by atoms with Crippen LogP contribution in [0.2, 0.25) is 0 Å². The highest BCUT2D eigenvalue weighted by atomic mass is 16.5. The van der Waals surface area contributed by atoms with Crippen molar-refractivity contribution >= 4 is 0 Å². The molecule has 1 saturated heterocycles. The molecule has 0 amide bonds. The second kappa shape index (κ2) is 17.1. The summed E-state index contributed by atoms with van der Waals surface area (Å²) in [6.45, 7) is 8.43. The van der Waals surface area contributed by atoms with Crippen molar-refractivity contribution in [3.63, 3.8) is 0 Å². The number of benzene rings is 2. The highest BCUT2D eigenvalue weighted by molar-refractivity contribution is 5.42. The van der Waals surface area contributed by atoms with Crippen molar-refractivity contribution in [1.82, 2.24) is 10.2 Å². The third kappa shape index (κ3) is 10.1. The fourth-order valence-corrected chi connectivity index (χ4v) is 5.96. The minimum Gasteiger partial charge on any atom is -0.493 e. The van der Waals surface area contributed by atoms with E-state index in [4.69, 9.17) is 23.7 Å². The normalized spacial score (nSPS) is 21.9. The van der Waals surface area contributed by atoms with E-state index in [9.17, 15) is 5.11 Å². The van der Waals surface area contributed by atoms with Gasteiger partial charge in [0.15, 0.2) is 11.5 Å². The molecule has 1 heterocycles. The van der Waals surface area contributed by atoms with Gasteiger partial charge in [-0.15, -0.1) is 0 Å². The molecule has 42 heavy (non-hydrogen) atoms. The molecule has 0 bridgehead atoms. The molecule has 0 radical (unpaired) electrons. The summed E-state index contributed by atoms with van der Waals surface area (Å²) in [5.41, 5.74) is 2.43. The SMILES string of the molecule is COc1ccc(CCOC2CCCCC2N2CC[C@@H](OCCc3ccc(OCC(O)CNC(C)C)cc3)C2)cc1OC. The molecule has 1 aliphatic heterocycles. The highest BCUT2D eigenvalue weighted by Crippen LogP contribution is 2.30. The fraction of sp³-hybridized carbons (Fsp3) is 0.647. The van der Waals surface area contributed by atoms with E-state index in [0.29, 0.717) is 31.8 Å². The van der Waals surface area contributed by atoms with Crippen LogP contribution in [0.25, 0.3) is 0 Å². The Balaban J connectivity index is 1.15. The number of hydrogen-bond acceptors (Lipinski definition) is 8. The molecule has 2 aliphatic rings. The first kappa shape index (κ1) is 32.6. The van der Waals surface area contributed by atoms with Gasteiger partial charge in [-0.25, -0.2) is 0 Å². The number of nitrogens with one attached hydrogen (secondary N) is 1. The van der Waals surface area contributed by atoms with Crippen molar-refractivity contribution < 1.29 is 28.8 Å². The average Bonchev–Trinajstić information content (AvgIpc) is 3.48. The Kier molecular flexibility index (Phi) is 13.2. The predicted octanol–water partition coefficient (Wildman–Crippen LogP) is 4.65. The minimum absolute atomic E-state index is 0.280. The van der Waals surface area contributed by atoms with Crippen LogP contribution in [0.3, 0.4) is 0 Å². The van der Waals surface area contributed by atoms with E-state index in [1.165, 1.54) is 30.4 Å². The average molecular weight is 585 g/mol. The maximum absolute atomic E-state index is 10.0. The lowest BCUT2D eigenvalue weighted by Crippen LogP contribution is -2.46. The van der Waals surface area contributed by atoms with Gasteiger partial charge in [0, 0.05) is 31.7 Å². The molecule has 0 aromatic heterocycles. The van der Waals surface area contributed by atoms with Crippen LogP contribution in [0.1, 0.15) is 57.1 Å². The summed E-state index contributed by atoms with van der Waals surface area (Å²) in [6, 6.07) is 15.1. The van der Waals surface area contributed by atoms with E-state index in [0.717, 1.165) is 56.0 Å². The Morgan fingerprint density at radius 3 is 2.36 bits per heavy atom. The molecule has 0 spiro atoms. The summed E-state index contributed by atoms with van der Waals surface area (Å²) in [7, 11) is 3.34. The summed E-state index contributed by atoms with van der Waals surface area (Å²) in [4.78, 5) is 2.61. The summed E-state index contributed by atoms with van der Waals surface area (Å²) in [6.07, 6.45) is 7.71. The number of likely N-dealkylation sites (tertiary alicyclic amines) is 1. The van der Waals surface area contributed by atoms with E-state index < -0.39 is 6.10 Å². The highest BCUT2D eigenvalue weighted by Gasteiger charge is 2.35. The van der Waals surface area contributed by atoms with Crippen LogP contribution in [0.15, 0.2) is 42.5 Å². The quantitative estimate of drug-likeness (QED) is 0.278. The maximum atomic E-state index is 10.0. The number of nitrogens with zero attached hydrogens (tertiary/aromatic N) is 1. The van der Waals surface area contributed by atoms with Gasteiger partial charge >= 0.3 is 0 Å². The van der Waals surface area contributed by atoms with Gasteiger partial charge in [0.2, 0.25) is 0 Å². The molecule has 8 heteroatoms. The van der Waals surface area contributed by atoms with Crippen LogP contribution in [0.4, 0.5) is 0 Å². The summed E-state index contributed by atoms with van der Waals surface area (Å²) >= 11 is 0. The monoisotopic (exact) mass is 584 g/mol. The number of aliphatic hydroxyl groups excluding tert-OH is 1. The fourth-order valence-electron chi connectivity index (χ4n) is 5.96. The van der Waals surface area contributed by atoms with Crippen molar-refractivity contribution in [2.24, 2.45) is 0 Å². The lowest BCUT2D eigenvalue weighted by atomic mass is 9.91. The molecule has 3 unspecified atom stereocenters. The van der Waals surface area contributed by atoms with Crippen LogP contribution in [0.5, 0.6) is 17.2 Å². The molecule has 2 aromatic carbocycles. The predicted molar refractivity (Wildman–Crippen MR) is 166 cm³/mol. The van der Waals surface area contributed by atoms with Crippen molar-refractivity contribution in [2.75, 3.05) is 53.7 Å². The Hall–Kier alpha value is -2.36. The molecular formula is C34H52N2O6. The number of rotatable bonds is 17. The van der Waals surface area contributed by atoms with Gasteiger partial charge in [-0.2, -0.15) is 0 Å². The smallest absolute Gasteiger partial charge is 0.160 e. The van der Waals surface area contributed by atoms with Gasteiger partial charge in [0.05, 0.1) is 39.6 Å². The number of aliphatic hydroxyl groups is 1. The van der Waals surface area contributed by atoms with E-state index >= 15 is 0 Å². The first-order valence-electron chi connectivity index (χ1n) is 15.8. The van der Waals surface area contributed by atoms with Crippen molar-refractivity contribution in [2.45, 2.75) is 89.2 Å². The van der Waals surface area contributed by atoms with E-state index in [1.54, 1.807) is 14.2 Å². The van der Waals surface area contributed by atoms with Crippen LogP contribution < -0.4 is 19.5 Å². The van der Waals surface area contributed by atoms with E-state index in [-0.39, 0.29) is 18.8 Å². The zero-order valence-corrected chi connectivity index (χ0v) is 26.1. The molecule has 1 aliphatic carbocycles. The van der Waals surface area contributed by atoms with Crippen LogP contribution in [-0.4, -0.2) is 94.1 Å². The first-order valence-corrected chi connectivity index (χ1v) is 15.8. The van der Waals surface area contributed by atoms with E-state index in [2.05, 4.69) is 42.3 Å². The molecule has 2 fully saturated rings. The minimum atomic E-state index is -0.522. The number of hydrogen-bond donors (Lipinski definition) is 2. The van der Waals surface area contributed by atoms with Gasteiger partial charge < -0.3 is 34.1 Å². The third-order valence-corrected chi connectivity index (χ3v) is 8.36. The lowest BCUT2D eigenvalue weighted by molar-refractivity contribution is -0.0343. The Morgan fingerprint density at radius 1 is 0.881 bits per heavy atom. The van der Waals surface area contributed by atoms with Crippen LogP contribution >= 0.6 is 0 Å². The number of ether oxygens (including phenoxy) is 5. The zero-order chi connectivity index (χ0) is 29.7. The Morgan fingerprint density at radius 2 is 1.60 bits per heavy atom. The van der Waals surface area contributed by atoms with Gasteiger partial charge in [-0.3, -0.25) is 4.90 Å².